The molecule has 1 heterocycles. The third-order valence-corrected chi connectivity index (χ3v) is 2.71. The summed E-state index contributed by atoms with van der Waals surface area (Å²) >= 11 is 0. The van der Waals surface area contributed by atoms with E-state index in [4.69, 9.17) is 0 Å². The van der Waals surface area contributed by atoms with Gasteiger partial charge in [-0.2, -0.15) is 4.40 Å². The lowest BCUT2D eigenvalue weighted by atomic mass is 10.2. The van der Waals surface area contributed by atoms with E-state index >= 15 is 0 Å². The van der Waals surface area contributed by atoms with E-state index in [2.05, 4.69) is 4.40 Å². The van der Waals surface area contributed by atoms with Crippen molar-refractivity contribution < 1.29 is 8.42 Å². The summed E-state index contributed by atoms with van der Waals surface area (Å²) in [5.74, 6) is 0.225. The molecule has 0 amide bonds. The molecule has 0 fully saturated rings. The molecular weight excluding hydrogens is 150 g/mol. The van der Waals surface area contributed by atoms with Gasteiger partial charge in [-0.1, -0.05) is 13.3 Å². The summed E-state index contributed by atoms with van der Waals surface area (Å²) in [7, 11) is -3.03. The van der Waals surface area contributed by atoms with Crippen molar-refractivity contribution in [3.63, 3.8) is 0 Å². The van der Waals surface area contributed by atoms with E-state index in [0.29, 0.717) is 6.42 Å². The summed E-state index contributed by atoms with van der Waals surface area (Å²) in [5.41, 5.74) is 0.850. The van der Waals surface area contributed by atoms with Gasteiger partial charge >= 0.3 is 0 Å². The molecule has 4 heteroatoms. The van der Waals surface area contributed by atoms with Crippen LogP contribution in [0.2, 0.25) is 0 Å². The number of sulfonamides is 1. The van der Waals surface area contributed by atoms with Crippen LogP contribution in [0.25, 0.3) is 0 Å². The number of hydrogen-bond acceptors (Lipinski definition) is 2. The molecule has 0 aromatic carbocycles. The van der Waals surface area contributed by atoms with Gasteiger partial charge in [-0.15, -0.1) is 0 Å². The van der Waals surface area contributed by atoms with Gasteiger partial charge in [-0.05, 0) is 6.42 Å². The molecule has 0 atom stereocenters. The fraction of sp³-hybridized carbons (Fsp3) is 0.833. The topological polar surface area (TPSA) is 46.5 Å². The van der Waals surface area contributed by atoms with Crippen LogP contribution in [-0.4, -0.2) is 19.9 Å². The lowest BCUT2D eigenvalue weighted by Gasteiger charge is -1.89. The van der Waals surface area contributed by atoms with Crippen molar-refractivity contribution in [2.24, 2.45) is 4.40 Å². The Morgan fingerprint density at radius 1 is 1.60 bits per heavy atom. The fourth-order valence-corrected chi connectivity index (χ4v) is 2.15. The Balaban J connectivity index is 2.67. The predicted molar refractivity (Wildman–Crippen MR) is 40.7 cm³/mol. The van der Waals surface area contributed by atoms with Crippen LogP contribution in [0.5, 0.6) is 0 Å². The van der Waals surface area contributed by atoms with Gasteiger partial charge in [0.25, 0.3) is 10.0 Å². The van der Waals surface area contributed by atoms with Crippen LogP contribution in [0, 0.1) is 0 Å². The highest BCUT2D eigenvalue weighted by molar-refractivity contribution is 7.90. The molecule has 0 spiro atoms. The van der Waals surface area contributed by atoms with Gasteiger partial charge in [-0.25, -0.2) is 8.42 Å². The molecule has 0 aliphatic carbocycles. The first-order chi connectivity index (χ1) is 4.64. The second-order valence-corrected chi connectivity index (χ2v) is 4.20. The lowest BCUT2D eigenvalue weighted by Crippen LogP contribution is -1.93. The zero-order chi connectivity index (χ0) is 7.61. The molecule has 1 aliphatic rings. The largest absolute Gasteiger partial charge is 0.253 e. The van der Waals surface area contributed by atoms with Crippen molar-refractivity contribution in [2.45, 2.75) is 26.2 Å². The van der Waals surface area contributed by atoms with E-state index in [0.717, 1.165) is 18.6 Å². The average Bonchev–Trinajstić information content (AvgIpc) is 2.12. The van der Waals surface area contributed by atoms with Crippen LogP contribution in [0.3, 0.4) is 0 Å². The maximum atomic E-state index is 10.7. The quantitative estimate of drug-likeness (QED) is 0.605. The van der Waals surface area contributed by atoms with Crippen molar-refractivity contribution in [3.8, 4) is 0 Å². The van der Waals surface area contributed by atoms with Gasteiger partial charge < -0.3 is 0 Å². The summed E-state index contributed by atoms with van der Waals surface area (Å²) in [6.07, 6.45) is 2.46. The Morgan fingerprint density at radius 2 is 2.30 bits per heavy atom. The van der Waals surface area contributed by atoms with Crippen LogP contribution in [-0.2, 0) is 10.0 Å². The second kappa shape index (κ2) is 2.70. The van der Waals surface area contributed by atoms with Crippen molar-refractivity contribution in [3.05, 3.63) is 0 Å². The van der Waals surface area contributed by atoms with E-state index in [1.54, 1.807) is 0 Å². The molecule has 10 heavy (non-hydrogen) atoms. The Morgan fingerprint density at radius 3 is 2.70 bits per heavy atom. The first kappa shape index (κ1) is 7.72. The van der Waals surface area contributed by atoms with E-state index in [1.807, 2.05) is 6.92 Å². The molecule has 0 radical (unpaired) electrons. The minimum Gasteiger partial charge on any atom is -0.205 e. The smallest absolute Gasteiger partial charge is 0.205 e. The third-order valence-electron chi connectivity index (χ3n) is 1.46. The maximum absolute atomic E-state index is 10.7. The molecule has 58 valence electrons. The zero-order valence-corrected chi connectivity index (χ0v) is 6.82. The van der Waals surface area contributed by atoms with Crippen molar-refractivity contribution in [1.29, 1.82) is 0 Å². The van der Waals surface area contributed by atoms with Gasteiger partial charge in [0.05, 0.1) is 5.75 Å². The normalized spacial score (nSPS) is 22.7. The monoisotopic (exact) mass is 161 g/mol. The highest BCUT2D eigenvalue weighted by Gasteiger charge is 2.18. The fourth-order valence-electron chi connectivity index (χ4n) is 0.994. The van der Waals surface area contributed by atoms with E-state index < -0.39 is 10.0 Å². The van der Waals surface area contributed by atoms with Crippen molar-refractivity contribution in [1.82, 2.24) is 0 Å². The molecule has 0 saturated carbocycles. The SMILES string of the molecule is CCCC1=NS(=O)(=O)CC1. The molecule has 0 saturated heterocycles. The summed E-state index contributed by atoms with van der Waals surface area (Å²) in [5, 5.41) is 0. The lowest BCUT2D eigenvalue weighted by molar-refractivity contribution is 0.600. The highest BCUT2D eigenvalue weighted by Crippen LogP contribution is 2.11. The summed E-state index contributed by atoms with van der Waals surface area (Å²) < 4.78 is 25.1. The Labute approximate surface area is 61.2 Å². The molecule has 3 nitrogen and oxygen atoms in total. The zero-order valence-electron chi connectivity index (χ0n) is 6.00. The predicted octanol–water partition coefficient (Wildman–Crippen LogP) is 0.961. The summed E-state index contributed by atoms with van der Waals surface area (Å²) in [6, 6.07) is 0. The van der Waals surface area contributed by atoms with Crippen molar-refractivity contribution >= 4 is 15.7 Å². The molecule has 0 bridgehead atoms. The minimum absolute atomic E-state index is 0.225. The molecule has 1 aliphatic heterocycles. The minimum atomic E-state index is -3.03. The first-order valence-electron chi connectivity index (χ1n) is 3.44. The Bertz CT molecular complexity index is 240. The van der Waals surface area contributed by atoms with Gasteiger partial charge in [0.15, 0.2) is 0 Å². The average molecular weight is 161 g/mol. The van der Waals surface area contributed by atoms with Gasteiger partial charge in [0.2, 0.25) is 0 Å². The molecular formula is C6H11NO2S. The molecule has 0 aromatic rings. The summed E-state index contributed by atoms with van der Waals surface area (Å²) in [6.45, 7) is 2.02. The third kappa shape index (κ3) is 1.80. The first-order valence-corrected chi connectivity index (χ1v) is 5.05. The second-order valence-electron chi connectivity index (χ2n) is 2.44. The van der Waals surface area contributed by atoms with Gasteiger partial charge in [0.1, 0.15) is 0 Å². The van der Waals surface area contributed by atoms with Crippen LogP contribution >= 0.6 is 0 Å². The summed E-state index contributed by atoms with van der Waals surface area (Å²) in [4.78, 5) is 0. The molecule has 0 N–H and O–H groups in total. The van der Waals surface area contributed by atoms with E-state index in [9.17, 15) is 8.42 Å². The van der Waals surface area contributed by atoms with Gasteiger partial charge in [-0.3, -0.25) is 0 Å². The van der Waals surface area contributed by atoms with Gasteiger partial charge in [0, 0.05) is 12.1 Å². The van der Waals surface area contributed by atoms with E-state index in [1.165, 1.54) is 0 Å². The number of hydrogen-bond donors (Lipinski definition) is 0. The highest BCUT2D eigenvalue weighted by atomic mass is 32.2. The molecule has 0 unspecified atom stereocenters. The standard InChI is InChI=1S/C6H11NO2S/c1-2-3-6-4-5-10(8,9)7-6/h2-5H2,1H3. The van der Waals surface area contributed by atoms with E-state index in [-0.39, 0.29) is 5.75 Å². The van der Waals surface area contributed by atoms with Crippen LogP contribution in [0.15, 0.2) is 4.40 Å². The van der Waals surface area contributed by atoms with Crippen molar-refractivity contribution in [2.75, 3.05) is 5.75 Å². The Hall–Kier alpha value is -0.380. The van der Waals surface area contributed by atoms with Crippen LogP contribution < -0.4 is 0 Å². The number of rotatable bonds is 2. The van der Waals surface area contributed by atoms with Crippen LogP contribution in [0.4, 0.5) is 0 Å². The molecule has 1 rings (SSSR count). The molecule has 0 aromatic heterocycles. The number of nitrogens with zero attached hydrogens (tertiary/aromatic N) is 1. The van der Waals surface area contributed by atoms with Crippen LogP contribution in [0.1, 0.15) is 26.2 Å². The maximum Gasteiger partial charge on any atom is 0.253 e. The Kier molecular flexibility index (Phi) is 2.08.